The Bertz CT molecular complexity index is 157. The minimum absolute atomic E-state index is 0.194. The lowest BCUT2D eigenvalue weighted by Crippen LogP contribution is -1.93. The fourth-order valence-electron chi connectivity index (χ4n) is 1.43. The number of hydrogen-bond acceptors (Lipinski definition) is 1. The van der Waals surface area contributed by atoms with Crippen molar-refractivity contribution in [2.75, 3.05) is 10.7 Å². The van der Waals surface area contributed by atoms with Gasteiger partial charge in [0.2, 0.25) is 0 Å². The van der Waals surface area contributed by atoms with Crippen molar-refractivity contribution in [2.24, 2.45) is 0 Å². The Morgan fingerprint density at radius 2 is 1.24 bits per heavy atom. The Labute approximate surface area is 123 Å². The molecule has 0 rings (SSSR count). The minimum atomic E-state index is -0.665. The zero-order chi connectivity index (χ0) is 13.4. The van der Waals surface area contributed by atoms with E-state index >= 15 is 0 Å². The van der Waals surface area contributed by atoms with E-state index in [9.17, 15) is 4.79 Å². The molecule has 2 nitrogen and oxygen atoms in total. The van der Waals surface area contributed by atoms with Crippen LogP contribution < -0.4 is 0 Å². The SMILES string of the molecule is ClCCl.O=C(O)CCCCCCCCCCBr. The summed E-state index contributed by atoms with van der Waals surface area (Å²) in [5.41, 5.74) is 0. The summed E-state index contributed by atoms with van der Waals surface area (Å²) in [5, 5.41) is 9.72. The Kier molecular flexibility index (Phi) is 22.1. The van der Waals surface area contributed by atoms with Gasteiger partial charge >= 0.3 is 5.97 Å². The van der Waals surface area contributed by atoms with Crippen LogP contribution in [0.25, 0.3) is 0 Å². The molecule has 0 saturated heterocycles. The van der Waals surface area contributed by atoms with E-state index in [0.717, 1.165) is 18.2 Å². The van der Waals surface area contributed by atoms with Crippen LogP contribution in [-0.2, 0) is 4.79 Å². The molecule has 0 radical (unpaired) electrons. The van der Waals surface area contributed by atoms with Crippen molar-refractivity contribution in [3.63, 3.8) is 0 Å². The summed E-state index contributed by atoms with van der Waals surface area (Å²) < 4.78 is 0. The molecule has 0 aromatic carbocycles. The molecule has 0 aliphatic rings. The third kappa shape index (κ3) is 26.3. The number of carboxylic acid groups (broad SMARTS) is 1. The number of unbranched alkanes of at least 4 members (excludes halogenated alkanes) is 7. The maximum Gasteiger partial charge on any atom is 0.303 e. The summed E-state index contributed by atoms with van der Waals surface area (Å²) in [4.78, 5) is 10.2. The number of carboxylic acids is 1. The van der Waals surface area contributed by atoms with E-state index in [4.69, 9.17) is 28.3 Å². The highest BCUT2D eigenvalue weighted by Gasteiger charge is 1.96. The first-order valence-electron chi connectivity index (χ1n) is 6.08. The van der Waals surface area contributed by atoms with E-state index in [1.54, 1.807) is 0 Å². The quantitative estimate of drug-likeness (QED) is 0.423. The fourth-order valence-corrected chi connectivity index (χ4v) is 1.83. The number of halogens is 3. The van der Waals surface area contributed by atoms with Crippen LogP contribution in [0, 0.1) is 0 Å². The molecular weight excluding hydrogens is 327 g/mol. The van der Waals surface area contributed by atoms with Gasteiger partial charge in [0, 0.05) is 11.8 Å². The molecule has 0 bridgehead atoms. The maximum absolute atomic E-state index is 10.2. The van der Waals surface area contributed by atoms with Crippen LogP contribution in [0.5, 0.6) is 0 Å². The van der Waals surface area contributed by atoms with Gasteiger partial charge in [-0.25, -0.2) is 0 Å². The molecule has 0 heterocycles. The number of hydrogen-bond donors (Lipinski definition) is 1. The van der Waals surface area contributed by atoms with Crippen molar-refractivity contribution in [3.8, 4) is 0 Å². The fraction of sp³-hybridized carbons (Fsp3) is 0.917. The van der Waals surface area contributed by atoms with Crippen molar-refractivity contribution in [1.29, 1.82) is 0 Å². The lowest BCUT2D eigenvalue weighted by atomic mass is 10.1. The Balaban J connectivity index is 0. The molecule has 0 aliphatic heterocycles. The highest BCUT2D eigenvalue weighted by molar-refractivity contribution is 9.09. The van der Waals surface area contributed by atoms with Crippen molar-refractivity contribution in [1.82, 2.24) is 0 Å². The van der Waals surface area contributed by atoms with Crippen LogP contribution in [0.2, 0.25) is 0 Å². The number of alkyl halides is 3. The molecule has 17 heavy (non-hydrogen) atoms. The van der Waals surface area contributed by atoms with E-state index in [0.29, 0.717) is 6.42 Å². The van der Waals surface area contributed by atoms with E-state index < -0.39 is 5.97 Å². The van der Waals surface area contributed by atoms with E-state index in [-0.39, 0.29) is 5.34 Å². The van der Waals surface area contributed by atoms with Gasteiger partial charge in [0.25, 0.3) is 0 Å². The Hall–Kier alpha value is 0.530. The zero-order valence-corrected chi connectivity index (χ0v) is 13.4. The number of carbonyl (C=O) groups is 1. The van der Waals surface area contributed by atoms with Gasteiger partial charge in [-0.05, 0) is 12.8 Å². The van der Waals surface area contributed by atoms with Gasteiger partial charge in [-0.1, -0.05) is 54.5 Å². The molecule has 0 amide bonds. The molecule has 0 aromatic rings. The van der Waals surface area contributed by atoms with Gasteiger partial charge in [0.15, 0.2) is 0 Å². The first kappa shape index (κ1) is 19.9. The van der Waals surface area contributed by atoms with E-state index in [2.05, 4.69) is 15.9 Å². The van der Waals surface area contributed by atoms with Crippen LogP contribution in [0.1, 0.15) is 57.8 Å². The topological polar surface area (TPSA) is 37.3 Å². The smallest absolute Gasteiger partial charge is 0.303 e. The first-order valence-corrected chi connectivity index (χ1v) is 8.27. The molecule has 0 spiro atoms. The van der Waals surface area contributed by atoms with Crippen LogP contribution >= 0.6 is 39.1 Å². The van der Waals surface area contributed by atoms with E-state index in [1.807, 2.05) is 0 Å². The minimum Gasteiger partial charge on any atom is -0.481 e. The molecule has 5 heteroatoms. The summed E-state index contributed by atoms with van der Waals surface area (Å²) >= 11 is 12.9. The lowest BCUT2D eigenvalue weighted by molar-refractivity contribution is -0.137. The summed E-state index contributed by atoms with van der Waals surface area (Å²) in [7, 11) is 0. The molecule has 0 atom stereocenters. The van der Waals surface area contributed by atoms with Gasteiger partial charge in [-0.2, -0.15) is 0 Å². The molecule has 0 saturated carbocycles. The van der Waals surface area contributed by atoms with Crippen LogP contribution in [0.15, 0.2) is 0 Å². The van der Waals surface area contributed by atoms with Gasteiger partial charge in [0.1, 0.15) is 0 Å². The average Bonchev–Trinajstić information content (AvgIpc) is 2.27. The summed E-state index contributed by atoms with van der Waals surface area (Å²) in [6.45, 7) is 0. The lowest BCUT2D eigenvalue weighted by Gasteiger charge is -2.00. The number of aliphatic carboxylic acids is 1. The standard InChI is InChI=1S/C11H21BrO2.CH2Cl2/c12-10-8-6-4-2-1-3-5-7-9-11(13)14;2-1-3/h1-10H2,(H,13,14);1H2. The highest BCUT2D eigenvalue weighted by atomic mass is 79.9. The normalized spacial score (nSPS) is 9.59. The molecular formula is C12H23BrCl2O2. The molecule has 0 aromatic heterocycles. The van der Waals surface area contributed by atoms with Crippen LogP contribution in [0.3, 0.4) is 0 Å². The number of rotatable bonds is 10. The van der Waals surface area contributed by atoms with Gasteiger partial charge < -0.3 is 5.11 Å². The van der Waals surface area contributed by atoms with Crippen molar-refractivity contribution in [3.05, 3.63) is 0 Å². The summed E-state index contributed by atoms with van der Waals surface area (Å²) in [5.74, 6) is -0.665. The predicted molar refractivity (Wildman–Crippen MR) is 79.6 cm³/mol. The molecule has 104 valence electrons. The average molecular weight is 350 g/mol. The Morgan fingerprint density at radius 1 is 0.882 bits per heavy atom. The van der Waals surface area contributed by atoms with Gasteiger partial charge in [0.05, 0.1) is 5.34 Å². The summed E-state index contributed by atoms with van der Waals surface area (Å²) in [6, 6.07) is 0. The second-order valence-corrected chi connectivity index (χ2v) is 5.36. The van der Waals surface area contributed by atoms with Crippen LogP contribution in [-0.4, -0.2) is 21.7 Å². The highest BCUT2D eigenvalue weighted by Crippen LogP contribution is 2.10. The van der Waals surface area contributed by atoms with Crippen molar-refractivity contribution >= 4 is 45.1 Å². The molecule has 0 aliphatic carbocycles. The molecule has 1 N–H and O–H groups in total. The Morgan fingerprint density at radius 3 is 1.59 bits per heavy atom. The third-order valence-corrected chi connectivity index (χ3v) is 2.84. The second kappa shape index (κ2) is 18.9. The summed E-state index contributed by atoms with van der Waals surface area (Å²) in [6.07, 6.45) is 9.94. The first-order chi connectivity index (χ1) is 8.18. The van der Waals surface area contributed by atoms with Crippen molar-refractivity contribution in [2.45, 2.75) is 57.8 Å². The van der Waals surface area contributed by atoms with Gasteiger partial charge in [-0.15, -0.1) is 23.2 Å². The zero-order valence-electron chi connectivity index (χ0n) is 10.3. The predicted octanol–water partition coefficient (Wildman–Crippen LogP) is 5.40. The third-order valence-electron chi connectivity index (χ3n) is 2.27. The maximum atomic E-state index is 10.2. The molecule has 0 unspecified atom stereocenters. The van der Waals surface area contributed by atoms with Crippen molar-refractivity contribution < 1.29 is 9.90 Å². The monoisotopic (exact) mass is 348 g/mol. The second-order valence-electron chi connectivity index (χ2n) is 3.76. The van der Waals surface area contributed by atoms with E-state index in [1.165, 1.54) is 38.5 Å². The van der Waals surface area contributed by atoms with Crippen LogP contribution in [0.4, 0.5) is 0 Å². The molecule has 0 fully saturated rings. The largest absolute Gasteiger partial charge is 0.481 e. The van der Waals surface area contributed by atoms with Gasteiger partial charge in [-0.3, -0.25) is 4.79 Å².